The molecular formula is C14H15BrN2S. The Balaban J connectivity index is 1.60. The van der Waals surface area contributed by atoms with Gasteiger partial charge in [-0.2, -0.15) is 0 Å². The van der Waals surface area contributed by atoms with Crippen molar-refractivity contribution in [2.75, 3.05) is 0 Å². The highest BCUT2D eigenvalue weighted by molar-refractivity contribution is 9.10. The minimum absolute atomic E-state index is 0.752. The Morgan fingerprint density at radius 1 is 1.28 bits per heavy atom. The summed E-state index contributed by atoms with van der Waals surface area (Å²) in [6.07, 6.45) is 3.59. The predicted octanol–water partition coefficient (Wildman–Crippen LogP) is 3.75. The Morgan fingerprint density at radius 3 is 2.78 bits per heavy atom. The van der Waals surface area contributed by atoms with Crippen LogP contribution in [0.2, 0.25) is 0 Å². The van der Waals surface area contributed by atoms with Crippen LogP contribution in [-0.4, -0.2) is 11.0 Å². The second kappa shape index (κ2) is 5.51. The fourth-order valence-electron chi connectivity index (χ4n) is 1.82. The van der Waals surface area contributed by atoms with Gasteiger partial charge in [0.25, 0.3) is 0 Å². The van der Waals surface area contributed by atoms with Crippen molar-refractivity contribution >= 4 is 27.3 Å². The summed E-state index contributed by atoms with van der Waals surface area (Å²) >= 11 is 5.21. The van der Waals surface area contributed by atoms with Crippen molar-refractivity contribution < 1.29 is 0 Å². The lowest BCUT2D eigenvalue weighted by atomic mass is 10.2. The van der Waals surface area contributed by atoms with Gasteiger partial charge in [0.2, 0.25) is 0 Å². The van der Waals surface area contributed by atoms with Crippen LogP contribution in [0.5, 0.6) is 0 Å². The van der Waals surface area contributed by atoms with E-state index in [1.165, 1.54) is 29.1 Å². The third-order valence-electron chi connectivity index (χ3n) is 3.02. The second-order valence-corrected chi connectivity index (χ2v) is 6.55. The van der Waals surface area contributed by atoms with Crippen molar-refractivity contribution in [3.05, 3.63) is 50.4 Å². The highest BCUT2D eigenvalue weighted by Crippen LogP contribution is 2.20. The van der Waals surface area contributed by atoms with Crippen LogP contribution in [0, 0.1) is 0 Å². The molecule has 0 bridgehead atoms. The van der Waals surface area contributed by atoms with Crippen LogP contribution in [0.1, 0.15) is 29.1 Å². The zero-order valence-corrected chi connectivity index (χ0v) is 12.4. The molecule has 0 aliphatic heterocycles. The van der Waals surface area contributed by atoms with E-state index in [0.29, 0.717) is 0 Å². The molecule has 94 valence electrons. The molecule has 0 unspecified atom stereocenters. The van der Waals surface area contributed by atoms with Crippen LogP contribution in [-0.2, 0) is 13.0 Å². The number of aromatic nitrogens is 1. The molecule has 1 N–H and O–H groups in total. The molecule has 1 aliphatic rings. The molecule has 1 aromatic carbocycles. The Morgan fingerprint density at radius 2 is 2.06 bits per heavy atom. The molecule has 0 amide bonds. The summed E-state index contributed by atoms with van der Waals surface area (Å²) in [7, 11) is 0. The summed E-state index contributed by atoms with van der Waals surface area (Å²) < 4.78 is 1.12. The Bertz CT molecular complexity index is 517. The van der Waals surface area contributed by atoms with E-state index in [0.717, 1.165) is 23.5 Å². The van der Waals surface area contributed by atoms with Gasteiger partial charge in [-0.25, -0.2) is 4.98 Å². The van der Waals surface area contributed by atoms with Crippen LogP contribution >= 0.6 is 27.3 Å². The Labute approximate surface area is 120 Å². The van der Waals surface area contributed by atoms with E-state index in [1.54, 1.807) is 11.3 Å². The molecule has 2 aromatic rings. The molecule has 1 aliphatic carbocycles. The first kappa shape index (κ1) is 12.3. The summed E-state index contributed by atoms with van der Waals surface area (Å²) in [5.41, 5.74) is 2.49. The number of nitrogens with zero attached hydrogens (tertiary/aromatic N) is 1. The molecule has 2 nitrogen and oxygen atoms in total. The SMILES string of the molecule is Brc1ccc(Cc2nc(CNC3CC3)cs2)cc1. The summed E-state index contributed by atoms with van der Waals surface area (Å²) in [4.78, 5) is 4.67. The minimum atomic E-state index is 0.752. The van der Waals surface area contributed by atoms with Gasteiger partial charge in [-0.3, -0.25) is 0 Å². The number of halogens is 1. The van der Waals surface area contributed by atoms with Crippen molar-refractivity contribution in [3.8, 4) is 0 Å². The average Bonchev–Trinajstić information content (AvgIpc) is 3.10. The van der Waals surface area contributed by atoms with Gasteiger partial charge in [0.15, 0.2) is 0 Å². The lowest BCUT2D eigenvalue weighted by Crippen LogP contribution is -2.15. The summed E-state index contributed by atoms with van der Waals surface area (Å²) in [6, 6.07) is 9.21. The molecule has 1 fully saturated rings. The monoisotopic (exact) mass is 322 g/mol. The molecule has 0 spiro atoms. The molecule has 0 saturated heterocycles. The van der Waals surface area contributed by atoms with E-state index in [4.69, 9.17) is 0 Å². The highest BCUT2D eigenvalue weighted by atomic mass is 79.9. The second-order valence-electron chi connectivity index (χ2n) is 4.69. The van der Waals surface area contributed by atoms with Crippen LogP contribution < -0.4 is 5.32 Å². The quantitative estimate of drug-likeness (QED) is 0.906. The van der Waals surface area contributed by atoms with E-state index in [1.807, 2.05) is 0 Å². The van der Waals surface area contributed by atoms with Crippen molar-refractivity contribution in [2.45, 2.75) is 31.8 Å². The van der Waals surface area contributed by atoms with Crippen LogP contribution in [0.4, 0.5) is 0 Å². The average molecular weight is 323 g/mol. The van der Waals surface area contributed by atoms with Gasteiger partial charge < -0.3 is 5.32 Å². The van der Waals surface area contributed by atoms with Gasteiger partial charge in [-0.1, -0.05) is 28.1 Å². The highest BCUT2D eigenvalue weighted by Gasteiger charge is 2.20. The van der Waals surface area contributed by atoms with E-state index in [9.17, 15) is 0 Å². The van der Waals surface area contributed by atoms with Gasteiger partial charge in [0.1, 0.15) is 0 Å². The molecule has 3 rings (SSSR count). The van der Waals surface area contributed by atoms with Gasteiger partial charge >= 0.3 is 0 Å². The number of nitrogens with one attached hydrogen (secondary N) is 1. The number of thiazole rings is 1. The number of benzene rings is 1. The minimum Gasteiger partial charge on any atom is -0.308 e. The smallest absolute Gasteiger partial charge is 0.0972 e. The maximum Gasteiger partial charge on any atom is 0.0972 e. The van der Waals surface area contributed by atoms with Gasteiger partial charge in [0, 0.05) is 28.9 Å². The molecule has 4 heteroatoms. The molecule has 0 radical (unpaired) electrons. The molecular weight excluding hydrogens is 308 g/mol. The zero-order valence-electron chi connectivity index (χ0n) is 10.0. The molecule has 0 atom stereocenters. The van der Waals surface area contributed by atoms with Crippen LogP contribution in [0.25, 0.3) is 0 Å². The fourth-order valence-corrected chi connectivity index (χ4v) is 2.92. The first-order chi connectivity index (χ1) is 8.79. The van der Waals surface area contributed by atoms with E-state index in [2.05, 4.69) is 55.9 Å². The maximum atomic E-state index is 4.67. The number of hydrogen-bond acceptors (Lipinski definition) is 3. The van der Waals surface area contributed by atoms with E-state index < -0.39 is 0 Å². The Hall–Kier alpha value is -0.710. The third kappa shape index (κ3) is 3.40. The first-order valence-corrected chi connectivity index (χ1v) is 7.88. The third-order valence-corrected chi connectivity index (χ3v) is 4.44. The Kier molecular flexibility index (Phi) is 3.77. The molecule has 1 aromatic heterocycles. The van der Waals surface area contributed by atoms with E-state index >= 15 is 0 Å². The van der Waals surface area contributed by atoms with Gasteiger partial charge in [-0.05, 0) is 30.5 Å². The molecule has 18 heavy (non-hydrogen) atoms. The summed E-state index contributed by atoms with van der Waals surface area (Å²) in [6.45, 7) is 0.918. The standard InChI is InChI=1S/C14H15BrN2S/c15-11-3-1-10(2-4-11)7-14-17-13(9-18-14)8-16-12-5-6-12/h1-4,9,12,16H,5-8H2. The van der Waals surface area contributed by atoms with Crippen LogP contribution in [0.15, 0.2) is 34.1 Å². The van der Waals surface area contributed by atoms with Crippen molar-refractivity contribution in [1.29, 1.82) is 0 Å². The van der Waals surface area contributed by atoms with Crippen LogP contribution in [0.3, 0.4) is 0 Å². The largest absolute Gasteiger partial charge is 0.308 e. The van der Waals surface area contributed by atoms with Crippen molar-refractivity contribution in [3.63, 3.8) is 0 Å². The summed E-state index contributed by atoms with van der Waals surface area (Å²) in [5, 5.41) is 6.86. The lowest BCUT2D eigenvalue weighted by molar-refractivity contribution is 0.676. The van der Waals surface area contributed by atoms with Crippen molar-refractivity contribution in [1.82, 2.24) is 10.3 Å². The summed E-state index contributed by atoms with van der Waals surface area (Å²) in [5.74, 6) is 0. The first-order valence-electron chi connectivity index (χ1n) is 6.21. The lowest BCUT2D eigenvalue weighted by Gasteiger charge is -1.99. The topological polar surface area (TPSA) is 24.9 Å². The normalized spacial score (nSPS) is 14.9. The van der Waals surface area contributed by atoms with Crippen molar-refractivity contribution in [2.24, 2.45) is 0 Å². The van der Waals surface area contributed by atoms with Gasteiger partial charge in [-0.15, -0.1) is 11.3 Å². The number of rotatable bonds is 5. The zero-order chi connectivity index (χ0) is 12.4. The number of hydrogen-bond donors (Lipinski definition) is 1. The van der Waals surface area contributed by atoms with Gasteiger partial charge in [0.05, 0.1) is 10.7 Å². The fraction of sp³-hybridized carbons (Fsp3) is 0.357. The van der Waals surface area contributed by atoms with E-state index in [-0.39, 0.29) is 0 Å². The maximum absolute atomic E-state index is 4.67. The molecule has 1 heterocycles. The molecule has 1 saturated carbocycles. The predicted molar refractivity (Wildman–Crippen MR) is 78.9 cm³/mol.